The summed E-state index contributed by atoms with van der Waals surface area (Å²) >= 11 is 0. The van der Waals surface area contributed by atoms with Crippen molar-refractivity contribution in [2.45, 2.75) is 26.5 Å². The van der Waals surface area contributed by atoms with Crippen LogP contribution in [0.4, 0.5) is 0 Å². The molecule has 7 heteroatoms. The summed E-state index contributed by atoms with van der Waals surface area (Å²) in [5, 5.41) is 14.0. The molecule has 0 aliphatic rings. The Hall–Kier alpha value is -3.61. The third kappa shape index (κ3) is 3.59. The van der Waals surface area contributed by atoms with Crippen molar-refractivity contribution in [1.29, 1.82) is 0 Å². The Morgan fingerprint density at radius 3 is 2.79 bits per heavy atom. The quantitative estimate of drug-likeness (QED) is 0.522. The fourth-order valence-corrected chi connectivity index (χ4v) is 2.99. The monoisotopic (exact) mass is 377 g/mol. The number of aromatic nitrogens is 3. The number of rotatable bonds is 7. The molecule has 0 radical (unpaired) electrons. The van der Waals surface area contributed by atoms with Gasteiger partial charge in [-0.1, -0.05) is 24.3 Å². The molecule has 0 aliphatic carbocycles. The maximum atomic E-state index is 10.8. The molecule has 2 aromatic heterocycles. The Labute approximate surface area is 161 Å². The van der Waals surface area contributed by atoms with Crippen molar-refractivity contribution in [2.75, 3.05) is 0 Å². The minimum Gasteiger partial charge on any atom is -0.486 e. The van der Waals surface area contributed by atoms with E-state index in [1.54, 1.807) is 10.9 Å². The van der Waals surface area contributed by atoms with Gasteiger partial charge in [-0.15, -0.1) is 0 Å². The van der Waals surface area contributed by atoms with E-state index >= 15 is 0 Å². The van der Waals surface area contributed by atoms with E-state index in [9.17, 15) is 4.79 Å². The highest BCUT2D eigenvalue weighted by Gasteiger charge is 2.14. The van der Waals surface area contributed by atoms with Gasteiger partial charge in [0.1, 0.15) is 23.8 Å². The largest absolute Gasteiger partial charge is 0.486 e. The number of hydrogen-bond acceptors (Lipinski definition) is 5. The molecule has 0 saturated heterocycles. The summed E-state index contributed by atoms with van der Waals surface area (Å²) in [6, 6.07) is 15.3. The molecule has 1 N–H and O–H groups in total. The van der Waals surface area contributed by atoms with Crippen LogP contribution < -0.4 is 4.74 Å². The summed E-state index contributed by atoms with van der Waals surface area (Å²) in [4.78, 5) is 15.4. The van der Waals surface area contributed by atoms with Gasteiger partial charge in [0.2, 0.25) is 5.89 Å². The molecule has 7 nitrogen and oxygen atoms in total. The van der Waals surface area contributed by atoms with Gasteiger partial charge in [-0.3, -0.25) is 9.48 Å². The first-order chi connectivity index (χ1) is 13.6. The highest BCUT2D eigenvalue weighted by molar-refractivity contribution is 5.85. The lowest BCUT2D eigenvalue weighted by molar-refractivity contribution is -0.137. The smallest absolute Gasteiger partial charge is 0.305 e. The zero-order valence-electron chi connectivity index (χ0n) is 15.3. The van der Waals surface area contributed by atoms with Crippen LogP contribution in [-0.4, -0.2) is 25.8 Å². The van der Waals surface area contributed by atoms with Gasteiger partial charge in [0.25, 0.3) is 0 Å². The Balaban J connectivity index is 1.53. The number of carboxylic acids is 1. The second kappa shape index (κ2) is 7.56. The molecule has 0 atom stereocenters. The molecule has 0 aliphatic heterocycles. The van der Waals surface area contributed by atoms with Crippen molar-refractivity contribution in [1.82, 2.24) is 14.8 Å². The summed E-state index contributed by atoms with van der Waals surface area (Å²) in [6.45, 7) is 2.44. The molecule has 0 saturated carbocycles. The molecule has 0 fully saturated rings. The molecule has 2 aromatic carbocycles. The zero-order valence-corrected chi connectivity index (χ0v) is 15.3. The topological polar surface area (TPSA) is 90.4 Å². The molecule has 4 aromatic rings. The van der Waals surface area contributed by atoms with Crippen LogP contribution in [0.3, 0.4) is 0 Å². The zero-order chi connectivity index (χ0) is 19.5. The lowest BCUT2D eigenvalue weighted by Crippen LogP contribution is -2.05. The first kappa shape index (κ1) is 17.8. The van der Waals surface area contributed by atoms with Crippen molar-refractivity contribution < 1.29 is 19.1 Å². The number of ether oxygens (including phenoxy) is 1. The second-order valence-corrected chi connectivity index (χ2v) is 6.38. The van der Waals surface area contributed by atoms with E-state index in [1.165, 1.54) is 0 Å². The number of hydrogen-bond donors (Lipinski definition) is 1. The Morgan fingerprint density at radius 2 is 2.00 bits per heavy atom. The van der Waals surface area contributed by atoms with Gasteiger partial charge in [-0.05, 0) is 31.2 Å². The SMILES string of the molecule is Cc1oc(-c2ccccc2)nc1COc1cccc2c1cnn2CCC(=O)O. The van der Waals surface area contributed by atoms with Gasteiger partial charge in [0.05, 0.1) is 30.1 Å². The molecular weight excluding hydrogens is 358 g/mol. The normalized spacial score (nSPS) is 11.0. The van der Waals surface area contributed by atoms with E-state index in [1.807, 2.05) is 55.5 Å². The van der Waals surface area contributed by atoms with Crippen LogP contribution in [0.15, 0.2) is 59.1 Å². The van der Waals surface area contributed by atoms with Gasteiger partial charge in [-0.2, -0.15) is 5.10 Å². The standard InChI is InChI=1S/C21H19N3O4/c1-14-17(23-21(28-14)15-6-3-2-4-7-15)13-27-19-9-5-8-18-16(19)12-22-24(18)11-10-20(25)26/h2-9,12H,10-11,13H2,1H3,(H,25,26). The summed E-state index contributed by atoms with van der Waals surface area (Å²) in [7, 11) is 0. The molecule has 0 spiro atoms. The van der Waals surface area contributed by atoms with Crippen LogP contribution in [-0.2, 0) is 17.9 Å². The van der Waals surface area contributed by atoms with Crippen LogP contribution in [0.5, 0.6) is 5.75 Å². The Bertz CT molecular complexity index is 1120. The summed E-state index contributed by atoms with van der Waals surface area (Å²) in [6.07, 6.45) is 1.71. The molecule has 0 bridgehead atoms. The first-order valence-corrected chi connectivity index (χ1v) is 8.92. The number of aliphatic carboxylic acids is 1. The van der Waals surface area contributed by atoms with Crippen LogP contribution >= 0.6 is 0 Å². The van der Waals surface area contributed by atoms with Gasteiger partial charge < -0.3 is 14.3 Å². The Kier molecular flexibility index (Phi) is 4.80. The van der Waals surface area contributed by atoms with E-state index in [-0.39, 0.29) is 13.0 Å². The summed E-state index contributed by atoms with van der Waals surface area (Å²) in [5.74, 6) is 1.09. The van der Waals surface area contributed by atoms with E-state index < -0.39 is 5.97 Å². The number of fused-ring (bicyclic) bond motifs is 1. The number of aryl methyl sites for hydroxylation is 2. The van der Waals surface area contributed by atoms with Gasteiger partial charge in [0, 0.05) is 5.56 Å². The van der Waals surface area contributed by atoms with Crippen LogP contribution in [0.1, 0.15) is 17.9 Å². The summed E-state index contributed by atoms with van der Waals surface area (Å²) in [5.41, 5.74) is 2.48. The molecule has 28 heavy (non-hydrogen) atoms. The minimum absolute atomic E-state index is 0.0161. The third-order valence-corrected chi connectivity index (χ3v) is 4.46. The van der Waals surface area contributed by atoms with Crippen molar-refractivity contribution >= 4 is 16.9 Å². The van der Waals surface area contributed by atoms with Gasteiger partial charge in [-0.25, -0.2) is 4.98 Å². The number of carboxylic acid groups (broad SMARTS) is 1. The number of oxazole rings is 1. The predicted molar refractivity (Wildman–Crippen MR) is 103 cm³/mol. The van der Waals surface area contributed by atoms with Crippen molar-refractivity contribution in [3.8, 4) is 17.2 Å². The van der Waals surface area contributed by atoms with E-state index in [2.05, 4.69) is 10.1 Å². The van der Waals surface area contributed by atoms with E-state index in [0.717, 1.165) is 22.2 Å². The average Bonchev–Trinajstić information content (AvgIpc) is 3.29. The van der Waals surface area contributed by atoms with E-state index in [0.29, 0.717) is 23.9 Å². The predicted octanol–water partition coefficient (Wildman–Crippen LogP) is 4.05. The molecule has 4 rings (SSSR count). The van der Waals surface area contributed by atoms with Gasteiger partial charge >= 0.3 is 5.97 Å². The Morgan fingerprint density at radius 1 is 1.18 bits per heavy atom. The van der Waals surface area contributed by atoms with Crippen LogP contribution in [0.2, 0.25) is 0 Å². The number of nitrogens with zero attached hydrogens (tertiary/aromatic N) is 3. The summed E-state index contributed by atoms with van der Waals surface area (Å²) < 4.78 is 13.4. The highest BCUT2D eigenvalue weighted by Crippen LogP contribution is 2.27. The third-order valence-electron chi connectivity index (χ3n) is 4.46. The van der Waals surface area contributed by atoms with Crippen LogP contribution in [0.25, 0.3) is 22.4 Å². The fourth-order valence-electron chi connectivity index (χ4n) is 2.99. The highest BCUT2D eigenvalue weighted by atomic mass is 16.5. The van der Waals surface area contributed by atoms with Gasteiger partial charge in [0.15, 0.2) is 0 Å². The number of benzene rings is 2. The molecule has 0 unspecified atom stereocenters. The second-order valence-electron chi connectivity index (χ2n) is 6.38. The molecule has 142 valence electrons. The fraction of sp³-hybridized carbons (Fsp3) is 0.190. The van der Waals surface area contributed by atoms with Crippen LogP contribution in [0, 0.1) is 6.92 Å². The molecule has 0 amide bonds. The molecule has 2 heterocycles. The van der Waals surface area contributed by atoms with E-state index in [4.69, 9.17) is 14.3 Å². The van der Waals surface area contributed by atoms with Crippen molar-refractivity contribution in [3.63, 3.8) is 0 Å². The first-order valence-electron chi connectivity index (χ1n) is 8.92. The van der Waals surface area contributed by atoms with Crippen molar-refractivity contribution in [2.24, 2.45) is 0 Å². The lowest BCUT2D eigenvalue weighted by Gasteiger charge is -2.07. The minimum atomic E-state index is -0.855. The lowest BCUT2D eigenvalue weighted by atomic mass is 10.2. The number of carbonyl (C=O) groups is 1. The van der Waals surface area contributed by atoms with Crippen molar-refractivity contribution in [3.05, 3.63) is 66.2 Å². The maximum Gasteiger partial charge on any atom is 0.305 e. The average molecular weight is 377 g/mol. The maximum absolute atomic E-state index is 10.8. The molecular formula is C21H19N3O4.